The maximum absolute atomic E-state index is 15.6. The van der Waals surface area contributed by atoms with Crippen LogP contribution in [0.3, 0.4) is 0 Å². The van der Waals surface area contributed by atoms with Crippen molar-refractivity contribution in [2.75, 3.05) is 19.6 Å². The molecule has 0 aromatic heterocycles. The Balaban J connectivity index is 0.566. The number of carbonyl (C=O) groups excluding carboxylic acids is 8. The Hall–Kier alpha value is -15.0. The van der Waals surface area contributed by atoms with Crippen LogP contribution in [0.5, 0.6) is 0 Å². The molecule has 14 aromatic rings. The van der Waals surface area contributed by atoms with E-state index in [1.807, 2.05) is 140 Å². The number of aryl methyl sites for hydroxylation is 1. The Kier molecular flexibility index (Phi) is 15.5. The first-order valence-electron chi connectivity index (χ1n) is 37.9. The molecule has 3 aliphatic carbocycles. The third kappa shape index (κ3) is 10.4. The number of hydrogen-bond donors (Lipinski definition) is 1. The third-order valence-corrected chi connectivity index (χ3v) is 24.7. The molecule has 7 aliphatic rings. The number of nitrogens with zero attached hydrogens (tertiary/aromatic N) is 4. The lowest BCUT2D eigenvalue weighted by Crippen LogP contribution is -2.43. The van der Waals surface area contributed by atoms with Crippen LogP contribution in [0.4, 0.5) is 22.7 Å². The summed E-state index contributed by atoms with van der Waals surface area (Å²) < 4.78 is 37.7. The van der Waals surface area contributed by atoms with Crippen LogP contribution in [-0.2, 0) is 10.1 Å². The molecule has 0 radical (unpaired) electrons. The van der Waals surface area contributed by atoms with Crippen molar-refractivity contribution in [1.29, 1.82) is 0 Å². The molecule has 4 heterocycles. The topological polar surface area (TPSA) is 204 Å². The number of benzene rings is 14. The number of imide groups is 4. The van der Waals surface area contributed by atoms with Gasteiger partial charge >= 0.3 is 0 Å². The quantitative estimate of drug-likeness (QED) is 0.0653. The van der Waals surface area contributed by atoms with Crippen LogP contribution < -0.4 is 19.6 Å². The second-order valence-corrected chi connectivity index (χ2v) is 31.4. The number of fused-ring (bicyclic) bond motifs is 3. The highest BCUT2D eigenvalue weighted by molar-refractivity contribution is 7.86. The van der Waals surface area contributed by atoms with Gasteiger partial charge in [-0.05, 0) is 216 Å². The Bertz CT molecular complexity index is 6900. The molecule has 16 heteroatoms. The molecular formula is C100H60N4O11S. The number of hydrogen-bond acceptors (Lipinski definition) is 10. The van der Waals surface area contributed by atoms with Gasteiger partial charge in [0, 0.05) is 83.8 Å². The molecule has 1 N–H and O–H groups in total. The minimum absolute atomic E-state index is 0.0272. The summed E-state index contributed by atoms with van der Waals surface area (Å²) in [7, 11) is -5.09. The average Bonchev–Trinajstić information content (AvgIpc) is 1.13. The number of rotatable bonds is 13. The fraction of sp³-hybridized carbons (Fsp3) is 0.0400. The highest BCUT2D eigenvalue weighted by Crippen LogP contribution is 2.54. The van der Waals surface area contributed by atoms with Gasteiger partial charge in [0.2, 0.25) is 0 Å². The highest BCUT2D eigenvalue weighted by atomic mass is 32.2. The predicted molar refractivity (Wildman–Crippen MR) is 449 cm³/mol. The van der Waals surface area contributed by atoms with E-state index < -0.39 is 62.3 Å². The summed E-state index contributed by atoms with van der Waals surface area (Å²) in [6.07, 6.45) is 9.53. The van der Waals surface area contributed by atoms with Gasteiger partial charge in [0.05, 0.1) is 22.7 Å². The van der Waals surface area contributed by atoms with Crippen molar-refractivity contribution in [1.82, 2.24) is 0 Å². The molecular weight excluding hydrogens is 1470 g/mol. The van der Waals surface area contributed by atoms with Gasteiger partial charge in [-0.3, -0.25) is 42.9 Å². The minimum Gasteiger partial charge on any atom is -0.282 e. The van der Waals surface area contributed by atoms with Gasteiger partial charge in [-0.2, -0.15) is 8.42 Å². The summed E-state index contributed by atoms with van der Waals surface area (Å²) in [5, 5.41) is 0.601. The number of anilines is 4. The van der Waals surface area contributed by atoms with E-state index in [1.54, 1.807) is 55.5 Å². The Morgan fingerprint density at radius 2 is 0.603 bits per heavy atom. The molecule has 14 aromatic carbocycles. The molecule has 21 rings (SSSR count). The Labute approximate surface area is 664 Å². The molecule has 0 fully saturated rings. The van der Waals surface area contributed by atoms with Gasteiger partial charge in [0.1, 0.15) is 4.90 Å². The summed E-state index contributed by atoms with van der Waals surface area (Å²) in [4.78, 5) is 125. The first-order chi connectivity index (χ1) is 56.4. The smallest absolute Gasteiger partial charge is 0.282 e. The first-order valence-corrected chi connectivity index (χ1v) is 39.4. The zero-order valence-corrected chi connectivity index (χ0v) is 62.4. The van der Waals surface area contributed by atoms with E-state index in [1.165, 1.54) is 59.5 Å². The van der Waals surface area contributed by atoms with E-state index in [0.717, 1.165) is 104 Å². The fourth-order valence-electron chi connectivity index (χ4n) is 18.6. The average molecular weight is 1530 g/mol. The molecule has 3 unspecified atom stereocenters. The van der Waals surface area contributed by atoms with Crippen LogP contribution in [0.25, 0.3) is 68.6 Å². The van der Waals surface area contributed by atoms with Crippen LogP contribution >= 0.6 is 0 Å². The molecule has 8 amide bonds. The van der Waals surface area contributed by atoms with Crippen molar-refractivity contribution < 1.29 is 51.3 Å². The van der Waals surface area contributed by atoms with Crippen molar-refractivity contribution in [3.63, 3.8) is 0 Å². The maximum atomic E-state index is 15.6. The summed E-state index contributed by atoms with van der Waals surface area (Å²) in [6.45, 7) is 1.73. The van der Waals surface area contributed by atoms with Gasteiger partial charge in [0.15, 0.2) is 0 Å². The van der Waals surface area contributed by atoms with Crippen molar-refractivity contribution in [3.05, 3.63) is 419 Å². The monoisotopic (exact) mass is 1520 g/mol. The standard InChI is InChI=1S/C100H60N4O11S/c1-55-47-66(37-35-56(55)33-34-60-36-38-67(54-85(60)116(113,114)115)102-95(107)75-43-45-79-92-80(46-44-76(90(75)92)96(102)108)100(112)104(99(79)111)84-32-18-17-31-72(84)88-71-30-16-13-27-63(71)53-83(88)59-23-9-4-10-24-59)101-93(105)73-39-41-77-91-78(42-40-74(89(73)91)94(101)106)98(110)103(97(77)109)68-49-64(86-69-28-14-11-25-61(69)51-81(86)57-19-5-2-6-20-57)48-65(50-68)87-70-29-15-12-26-62(70)52-82(87)58-21-7-3-8-22-58/h2-54,86-88H,1H3,(H,113,114,115)/b34-33+. The first kappa shape index (κ1) is 69.0. The fourth-order valence-corrected chi connectivity index (χ4v) is 19.3. The second-order valence-electron chi connectivity index (χ2n) is 30.0. The zero-order chi connectivity index (χ0) is 78.8. The lowest BCUT2D eigenvalue weighted by atomic mass is 9.80. The van der Waals surface area contributed by atoms with Gasteiger partial charge in [-0.15, -0.1) is 0 Å². The predicted octanol–water partition coefficient (Wildman–Crippen LogP) is 20.0. The normalized spacial score (nSPS) is 17.1. The van der Waals surface area contributed by atoms with E-state index in [4.69, 9.17) is 0 Å². The van der Waals surface area contributed by atoms with Gasteiger partial charge in [0.25, 0.3) is 57.4 Å². The van der Waals surface area contributed by atoms with Gasteiger partial charge < -0.3 is 0 Å². The largest absolute Gasteiger partial charge is 0.295 e. The number of allylic oxidation sites excluding steroid dienone is 3. The molecule has 3 atom stereocenters. The summed E-state index contributed by atoms with van der Waals surface area (Å²) >= 11 is 0. The summed E-state index contributed by atoms with van der Waals surface area (Å²) in [6, 6.07) is 88.7. The van der Waals surface area contributed by atoms with Crippen molar-refractivity contribution in [2.24, 2.45) is 0 Å². The molecule has 0 spiro atoms. The van der Waals surface area contributed by atoms with Crippen LogP contribution in [0, 0.1) is 6.92 Å². The van der Waals surface area contributed by atoms with Crippen LogP contribution in [0.15, 0.2) is 296 Å². The molecule has 552 valence electrons. The van der Waals surface area contributed by atoms with E-state index in [-0.39, 0.29) is 101 Å². The molecule has 0 saturated heterocycles. The minimum atomic E-state index is -5.09. The Morgan fingerprint density at radius 3 is 0.991 bits per heavy atom. The second kappa shape index (κ2) is 26.1. The molecule has 0 saturated carbocycles. The zero-order valence-electron chi connectivity index (χ0n) is 61.6. The van der Waals surface area contributed by atoms with Crippen molar-refractivity contribution >= 4 is 149 Å². The number of para-hydroxylation sites is 1. The van der Waals surface area contributed by atoms with E-state index >= 15 is 28.8 Å². The molecule has 15 nitrogen and oxygen atoms in total. The lowest BCUT2D eigenvalue weighted by Gasteiger charge is -2.33. The lowest BCUT2D eigenvalue weighted by molar-refractivity contribution is 0.0873. The SMILES string of the molecule is Cc1cc(N2C(=O)c3ccc4c5c(ccc(c35)C2=O)C(=O)N(c2cc(C3C(c5ccccc5)=Cc5ccccc53)cc(C3C(c5ccccc5)=Cc5ccccc53)c2)C4=O)ccc1/C=C/c1ccc(N2C(=O)c3ccc4c5c(ccc(c35)C2=O)C(=O)N(c2ccccc2C2C(c3ccccc3)=Cc3ccccc32)C4=O)cc1S(=O)(=O)O. The number of carbonyl (C=O) groups is 8. The van der Waals surface area contributed by atoms with Gasteiger partial charge in [-0.25, -0.2) is 19.6 Å². The maximum Gasteiger partial charge on any atom is 0.295 e. The summed E-state index contributed by atoms with van der Waals surface area (Å²) in [5.41, 5.74) is 17.2. The molecule has 4 aliphatic heterocycles. The third-order valence-electron chi connectivity index (χ3n) is 23.8. The van der Waals surface area contributed by atoms with Crippen molar-refractivity contribution in [2.45, 2.75) is 29.6 Å². The molecule has 116 heavy (non-hydrogen) atoms. The highest BCUT2D eigenvalue weighted by Gasteiger charge is 2.46. The van der Waals surface area contributed by atoms with Crippen molar-refractivity contribution in [3.8, 4) is 0 Å². The van der Waals surface area contributed by atoms with E-state index in [9.17, 15) is 22.6 Å². The Morgan fingerprint density at radius 1 is 0.293 bits per heavy atom. The van der Waals surface area contributed by atoms with E-state index in [2.05, 4.69) is 72.8 Å². The van der Waals surface area contributed by atoms with E-state index in [0.29, 0.717) is 22.5 Å². The summed E-state index contributed by atoms with van der Waals surface area (Å²) in [5.74, 6) is -6.65. The van der Waals surface area contributed by atoms with Crippen LogP contribution in [0.1, 0.15) is 184 Å². The molecule has 0 bridgehead atoms. The van der Waals surface area contributed by atoms with Gasteiger partial charge in [-0.1, -0.05) is 212 Å². The number of amides is 8. The van der Waals surface area contributed by atoms with Crippen LogP contribution in [0.2, 0.25) is 0 Å². The van der Waals surface area contributed by atoms with Crippen LogP contribution in [-0.4, -0.2) is 60.2 Å².